The number of nitrogens with one attached hydrogen (secondary N) is 1. The highest BCUT2D eigenvalue weighted by Gasteiger charge is 2.53. The number of carboxylic acids is 1. The van der Waals surface area contributed by atoms with Crippen LogP contribution in [0, 0.1) is 0 Å². The fourth-order valence-electron chi connectivity index (χ4n) is 6.34. The molecule has 280 valence electrons. The Kier molecular flexibility index (Phi) is 12.3. The van der Waals surface area contributed by atoms with Crippen LogP contribution in [0.4, 0.5) is 4.79 Å². The molecule has 1 aliphatic heterocycles. The summed E-state index contributed by atoms with van der Waals surface area (Å²) in [6, 6.07) is 20.4. The molecule has 15 nitrogen and oxygen atoms in total. The molecule has 6 atom stereocenters. The second-order valence-electron chi connectivity index (χ2n) is 12.4. The normalized spacial score (nSPS) is 20.8. The van der Waals surface area contributed by atoms with Gasteiger partial charge in [-0.2, -0.15) is 0 Å². The number of hydrogen-bond acceptors (Lipinski definition) is 13. The molecule has 0 unspecified atom stereocenters. The topological polar surface area (TPSA) is 199 Å². The highest BCUT2D eigenvalue weighted by atomic mass is 16.7. The number of carbonyl (C=O) groups excluding carboxylic acids is 5. The minimum absolute atomic E-state index is 0.0114. The average molecular weight is 734 g/mol. The molecule has 53 heavy (non-hydrogen) atoms. The Bertz CT molecular complexity index is 1800. The SMILES string of the molecule is CC(=O)OC[C@H]1O[C@@H](Oc2ccc(C[C@H](NC(=O)OCC3c4ccccc4-c4ccccc43)C(=O)O)cc2)[C@H](OC(C)=O)[C@@H](OC(C)=O)[C@H]1OC(C)=O. The lowest BCUT2D eigenvalue weighted by molar-refractivity contribution is -0.288. The van der Waals surface area contributed by atoms with Crippen LogP contribution in [-0.4, -0.2) is 91.0 Å². The lowest BCUT2D eigenvalue weighted by atomic mass is 9.98. The molecule has 1 amide bonds. The Balaban J connectivity index is 1.26. The molecule has 1 fully saturated rings. The van der Waals surface area contributed by atoms with E-state index in [0.717, 1.165) is 49.9 Å². The van der Waals surface area contributed by atoms with E-state index in [9.17, 15) is 33.9 Å². The summed E-state index contributed by atoms with van der Waals surface area (Å²) >= 11 is 0. The molecule has 1 heterocycles. The second kappa shape index (κ2) is 17.0. The van der Waals surface area contributed by atoms with Gasteiger partial charge in [0.05, 0.1) is 0 Å². The maximum absolute atomic E-state index is 12.8. The lowest BCUT2D eigenvalue weighted by Gasteiger charge is -2.43. The van der Waals surface area contributed by atoms with Crippen LogP contribution < -0.4 is 10.1 Å². The molecule has 1 saturated heterocycles. The van der Waals surface area contributed by atoms with Crippen molar-refractivity contribution in [1.29, 1.82) is 0 Å². The summed E-state index contributed by atoms with van der Waals surface area (Å²) in [6.07, 6.45) is -7.86. The van der Waals surface area contributed by atoms with E-state index in [1.54, 1.807) is 12.1 Å². The summed E-state index contributed by atoms with van der Waals surface area (Å²) in [5.74, 6) is -4.34. The van der Waals surface area contributed by atoms with Gasteiger partial charge in [-0.05, 0) is 39.9 Å². The molecule has 1 aliphatic carbocycles. The van der Waals surface area contributed by atoms with Gasteiger partial charge in [0.25, 0.3) is 0 Å². The fraction of sp³-hybridized carbons (Fsp3) is 0.368. The largest absolute Gasteiger partial charge is 0.480 e. The third-order valence-corrected chi connectivity index (χ3v) is 8.50. The maximum atomic E-state index is 12.8. The second-order valence-corrected chi connectivity index (χ2v) is 12.4. The van der Waals surface area contributed by atoms with Crippen molar-refractivity contribution in [2.75, 3.05) is 13.2 Å². The van der Waals surface area contributed by atoms with Crippen LogP contribution in [0.15, 0.2) is 72.8 Å². The first kappa shape index (κ1) is 38.3. The maximum Gasteiger partial charge on any atom is 0.407 e. The monoisotopic (exact) mass is 733 g/mol. The molecule has 5 rings (SSSR count). The molecule has 0 spiro atoms. The molecule has 0 aromatic heterocycles. The summed E-state index contributed by atoms with van der Waals surface area (Å²) in [4.78, 5) is 72.8. The van der Waals surface area contributed by atoms with E-state index in [-0.39, 0.29) is 24.7 Å². The van der Waals surface area contributed by atoms with Crippen LogP contribution >= 0.6 is 0 Å². The zero-order valence-electron chi connectivity index (χ0n) is 29.3. The fourth-order valence-corrected chi connectivity index (χ4v) is 6.34. The zero-order chi connectivity index (χ0) is 38.2. The Labute approximate surface area is 304 Å². The summed E-state index contributed by atoms with van der Waals surface area (Å²) in [5.41, 5.74) is 4.65. The third kappa shape index (κ3) is 9.68. The standard InChI is InChI=1S/C38H39NO14/c1-20(40)47-19-32-33(49-21(2)41)34(50-22(3)42)35(51-23(4)43)37(53-32)52-25-15-13-24(14-16-25)17-31(36(44)45)39-38(46)48-18-30-28-11-7-5-9-26(28)27-10-6-8-12-29(27)30/h5-16,30-35,37H,17-19H2,1-4H3,(H,39,46)(H,44,45)/t31-,32+,33-,34-,35+,37+/m0/s1. The molecular formula is C38H39NO14. The van der Waals surface area contributed by atoms with Crippen LogP contribution in [0.3, 0.4) is 0 Å². The van der Waals surface area contributed by atoms with Gasteiger partial charge in [-0.1, -0.05) is 60.7 Å². The Morgan fingerprint density at radius 3 is 1.77 bits per heavy atom. The number of carbonyl (C=O) groups is 6. The summed E-state index contributed by atoms with van der Waals surface area (Å²) < 4.78 is 38.8. The van der Waals surface area contributed by atoms with Crippen molar-refractivity contribution in [3.05, 3.63) is 89.5 Å². The minimum Gasteiger partial charge on any atom is -0.480 e. The van der Waals surface area contributed by atoms with Crippen LogP contribution in [0.2, 0.25) is 0 Å². The van der Waals surface area contributed by atoms with Gasteiger partial charge >= 0.3 is 35.9 Å². The predicted molar refractivity (Wildman–Crippen MR) is 182 cm³/mol. The van der Waals surface area contributed by atoms with Crippen molar-refractivity contribution in [2.45, 2.75) is 76.8 Å². The van der Waals surface area contributed by atoms with Gasteiger partial charge in [0.15, 0.2) is 12.2 Å². The average Bonchev–Trinajstić information content (AvgIpc) is 3.42. The smallest absolute Gasteiger partial charge is 0.407 e. The Hall–Kier alpha value is -5.96. The van der Waals surface area contributed by atoms with E-state index >= 15 is 0 Å². The van der Waals surface area contributed by atoms with E-state index in [2.05, 4.69) is 5.32 Å². The molecule has 3 aromatic carbocycles. The Morgan fingerprint density at radius 1 is 0.679 bits per heavy atom. The quantitative estimate of drug-likeness (QED) is 0.190. The lowest BCUT2D eigenvalue weighted by Crippen LogP contribution is -2.63. The summed E-state index contributed by atoms with van der Waals surface area (Å²) in [5, 5.41) is 12.3. The van der Waals surface area contributed by atoms with Gasteiger partial charge < -0.3 is 43.6 Å². The van der Waals surface area contributed by atoms with E-state index in [1.807, 2.05) is 48.5 Å². The van der Waals surface area contributed by atoms with Gasteiger partial charge in [0, 0.05) is 40.0 Å². The molecule has 0 saturated carbocycles. The number of carboxylic acid groups (broad SMARTS) is 1. The van der Waals surface area contributed by atoms with Crippen molar-refractivity contribution in [2.24, 2.45) is 0 Å². The molecule has 15 heteroatoms. The van der Waals surface area contributed by atoms with Gasteiger partial charge in [-0.3, -0.25) is 19.2 Å². The first-order valence-corrected chi connectivity index (χ1v) is 16.7. The molecule has 3 aromatic rings. The van der Waals surface area contributed by atoms with Crippen molar-refractivity contribution in [1.82, 2.24) is 5.32 Å². The van der Waals surface area contributed by atoms with Crippen molar-refractivity contribution in [3.63, 3.8) is 0 Å². The third-order valence-electron chi connectivity index (χ3n) is 8.50. The van der Waals surface area contributed by atoms with E-state index < -0.39 is 79.3 Å². The van der Waals surface area contributed by atoms with Crippen LogP contribution in [0.5, 0.6) is 5.75 Å². The number of fused-ring (bicyclic) bond motifs is 3. The zero-order valence-corrected chi connectivity index (χ0v) is 29.3. The number of amides is 1. The van der Waals surface area contributed by atoms with Crippen molar-refractivity contribution >= 4 is 35.9 Å². The van der Waals surface area contributed by atoms with Crippen LogP contribution in [0.1, 0.15) is 50.3 Å². The number of aliphatic carboxylic acids is 1. The molecule has 2 aliphatic rings. The number of hydrogen-bond donors (Lipinski definition) is 2. The molecule has 0 bridgehead atoms. The summed E-state index contributed by atoms with van der Waals surface area (Å²) in [6.45, 7) is 4.07. The van der Waals surface area contributed by atoms with E-state index in [1.165, 1.54) is 12.1 Å². The van der Waals surface area contributed by atoms with Gasteiger partial charge in [0.1, 0.15) is 31.1 Å². The Morgan fingerprint density at radius 2 is 1.23 bits per heavy atom. The van der Waals surface area contributed by atoms with Gasteiger partial charge in [-0.15, -0.1) is 0 Å². The van der Waals surface area contributed by atoms with Crippen LogP contribution in [0.25, 0.3) is 11.1 Å². The predicted octanol–water partition coefficient (Wildman–Crippen LogP) is 3.68. The number of esters is 4. The number of rotatable bonds is 13. The van der Waals surface area contributed by atoms with Crippen molar-refractivity contribution < 1.29 is 67.0 Å². The van der Waals surface area contributed by atoms with Crippen LogP contribution in [-0.2, 0) is 58.8 Å². The number of ether oxygens (including phenoxy) is 7. The molecular weight excluding hydrogens is 694 g/mol. The van der Waals surface area contributed by atoms with E-state index in [4.69, 9.17) is 33.2 Å². The highest BCUT2D eigenvalue weighted by molar-refractivity contribution is 5.81. The summed E-state index contributed by atoms with van der Waals surface area (Å²) in [7, 11) is 0. The first-order chi connectivity index (χ1) is 25.3. The molecule has 2 N–H and O–H groups in total. The van der Waals surface area contributed by atoms with Gasteiger partial charge in [0.2, 0.25) is 12.4 Å². The number of benzene rings is 3. The van der Waals surface area contributed by atoms with Crippen molar-refractivity contribution in [3.8, 4) is 16.9 Å². The highest BCUT2D eigenvalue weighted by Crippen LogP contribution is 2.44. The minimum atomic E-state index is -1.46. The van der Waals surface area contributed by atoms with Gasteiger partial charge in [-0.25, -0.2) is 9.59 Å². The van der Waals surface area contributed by atoms with E-state index in [0.29, 0.717) is 5.56 Å². The first-order valence-electron chi connectivity index (χ1n) is 16.7. The number of alkyl carbamates (subject to hydrolysis) is 1. The molecule has 0 radical (unpaired) electrons.